The zero-order valence-corrected chi connectivity index (χ0v) is 13.0. The van der Waals surface area contributed by atoms with E-state index in [1.807, 2.05) is 6.92 Å². The van der Waals surface area contributed by atoms with Crippen LogP contribution in [0, 0.1) is 0 Å². The number of ether oxygens (including phenoxy) is 2. The van der Waals surface area contributed by atoms with Gasteiger partial charge in [-0.15, -0.1) is 0 Å². The van der Waals surface area contributed by atoms with Crippen LogP contribution in [0.5, 0.6) is 5.75 Å². The van der Waals surface area contributed by atoms with Gasteiger partial charge in [0.25, 0.3) is 0 Å². The summed E-state index contributed by atoms with van der Waals surface area (Å²) in [7, 11) is -3.60. The van der Waals surface area contributed by atoms with Gasteiger partial charge in [-0.25, -0.2) is 8.42 Å². The average molecular weight is 315 g/mol. The fourth-order valence-corrected chi connectivity index (χ4v) is 3.90. The number of aliphatic hydroxyl groups excluding tert-OH is 1. The summed E-state index contributed by atoms with van der Waals surface area (Å²) in [5.41, 5.74) is 0. The van der Waals surface area contributed by atoms with Crippen LogP contribution in [-0.4, -0.2) is 56.3 Å². The van der Waals surface area contributed by atoms with Crippen LogP contribution in [0.4, 0.5) is 0 Å². The Kier molecular flexibility index (Phi) is 5.21. The summed E-state index contributed by atoms with van der Waals surface area (Å²) in [5.74, 6) is 0.639. The zero-order valence-electron chi connectivity index (χ0n) is 12.2. The van der Waals surface area contributed by atoms with Gasteiger partial charge in [0, 0.05) is 12.6 Å². The Morgan fingerprint density at radius 2 is 2.05 bits per heavy atom. The minimum Gasteiger partial charge on any atom is -0.494 e. The molecule has 6 nitrogen and oxygen atoms in total. The first-order valence-corrected chi connectivity index (χ1v) is 8.40. The first-order chi connectivity index (χ1) is 9.98. The first kappa shape index (κ1) is 16.2. The Balaban J connectivity index is 2.23. The van der Waals surface area contributed by atoms with E-state index in [0.717, 1.165) is 0 Å². The zero-order chi connectivity index (χ0) is 15.5. The van der Waals surface area contributed by atoms with Crippen LogP contribution in [0.25, 0.3) is 0 Å². The van der Waals surface area contributed by atoms with Crippen molar-refractivity contribution >= 4 is 10.0 Å². The lowest BCUT2D eigenvalue weighted by Crippen LogP contribution is -2.51. The third kappa shape index (κ3) is 3.55. The molecule has 1 aromatic carbocycles. The van der Waals surface area contributed by atoms with Crippen LogP contribution in [0.3, 0.4) is 0 Å². The van der Waals surface area contributed by atoms with Crippen molar-refractivity contribution in [1.29, 1.82) is 0 Å². The quantitative estimate of drug-likeness (QED) is 0.872. The second kappa shape index (κ2) is 6.74. The molecule has 1 N–H and O–H groups in total. The second-order valence-electron chi connectivity index (χ2n) is 4.97. The highest BCUT2D eigenvalue weighted by Gasteiger charge is 2.35. The van der Waals surface area contributed by atoms with E-state index in [4.69, 9.17) is 14.6 Å². The topological polar surface area (TPSA) is 76.1 Å². The molecule has 1 aliphatic rings. The van der Waals surface area contributed by atoms with E-state index in [2.05, 4.69) is 0 Å². The van der Waals surface area contributed by atoms with Gasteiger partial charge in [0.05, 0.1) is 30.8 Å². The van der Waals surface area contributed by atoms with E-state index in [0.29, 0.717) is 12.4 Å². The molecular weight excluding hydrogens is 294 g/mol. The lowest BCUT2D eigenvalue weighted by molar-refractivity contribution is -0.0516. The Bertz CT molecular complexity index is 557. The minimum absolute atomic E-state index is 0.160. The fourth-order valence-electron chi connectivity index (χ4n) is 2.25. The summed E-state index contributed by atoms with van der Waals surface area (Å²) >= 11 is 0. The van der Waals surface area contributed by atoms with E-state index in [1.54, 1.807) is 19.1 Å². The van der Waals surface area contributed by atoms with Gasteiger partial charge in [-0.2, -0.15) is 4.31 Å². The molecule has 1 fully saturated rings. The molecule has 0 spiro atoms. The number of morpholine rings is 1. The molecule has 0 bridgehead atoms. The van der Waals surface area contributed by atoms with E-state index in [1.165, 1.54) is 16.4 Å². The number of aliphatic hydroxyl groups is 1. The molecule has 2 atom stereocenters. The molecule has 0 saturated carbocycles. The number of rotatable bonds is 5. The minimum atomic E-state index is -3.60. The van der Waals surface area contributed by atoms with E-state index >= 15 is 0 Å². The molecule has 2 unspecified atom stereocenters. The summed E-state index contributed by atoms with van der Waals surface area (Å²) in [5, 5.41) is 9.16. The molecule has 0 radical (unpaired) electrons. The predicted octanol–water partition coefficient (Wildman–Crippen LogP) is 0.856. The molecule has 0 aliphatic carbocycles. The van der Waals surface area contributed by atoms with Crippen LogP contribution in [0.1, 0.15) is 13.8 Å². The van der Waals surface area contributed by atoms with Crippen molar-refractivity contribution in [3.63, 3.8) is 0 Å². The van der Waals surface area contributed by atoms with Gasteiger partial charge >= 0.3 is 0 Å². The van der Waals surface area contributed by atoms with Crippen molar-refractivity contribution in [3.8, 4) is 5.75 Å². The van der Waals surface area contributed by atoms with Crippen molar-refractivity contribution in [2.45, 2.75) is 30.9 Å². The summed E-state index contributed by atoms with van der Waals surface area (Å²) in [6, 6.07) is 6.10. The third-order valence-corrected chi connectivity index (χ3v) is 5.39. The van der Waals surface area contributed by atoms with Crippen LogP contribution in [0.15, 0.2) is 29.2 Å². The molecule has 118 valence electrons. The standard InChI is InChI=1S/C14H21NO5S/c1-3-19-12-4-6-14(7-5-12)21(17,18)15-8-13(9-16)20-10-11(15)2/h4-7,11,13,16H,3,8-10H2,1-2H3. The molecular formula is C14H21NO5S. The van der Waals surface area contributed by atoms with Gasteiger partial charge in [0.2, 0.25) is 10.0 Å². The smallest absolute Gasteiger partial charge is 0.243 e. The number of nitrogens with zero attached hydrogens (tertiary/aromatic N) is 1. The highest BCUT2D eigenvalue weighted by Crippen LogP contribution is 2.24. The number of hydrogen-bond donors (Lipinski definition) is 1. The summed E-state index contributed by atoms with van der Waals surface area (Å²) < 4.78 is 37.4. The summed E-state index contributed by atoms with van der Waals surface area (Å²) in [6.07, 6.45) is -0.473. The summed E-state index contributed by atoms with van der Waals surface area (Å²) in [4.78, 5) is 0.219. The van der Waals surface area contributed by atoms with E-state index in [-0.39, 0.29) is 30.7 Å². The van der Waals surface area contributed by atoms with Gasteiger partial charge in [0.1, 0.15) is 5.75 Å². The van der Waals surface area contributed by atoms with Crippen molar-refractivity contribution in [2.24, 2.45) is 0 Å². The molecule has 7 heteroatoms. The lowest BCUT2D eigenvalue weighted by Gasteiger charge is -2.36. The normalized spacial score (nSPS) is 24.0. The molecule has 0 aromatic heterocycles. The third-order valence-electron chi connectivity index (χ3n) is 3.39. The van der Waals surface area contributed by atoms with Crippen molar-refractivity contribution in [2.75, 3.05) is 26.4 Å². The summed E-state index contributed by atoms with van der Waals surface area (Å²) in [6.45, 7) is 4.44. The van der Waals surface area contributed by atoms with Crippen LogP contribution in [-0.2, 0) is 14.8 Å². The molecule has 1 saturated heterocycles. The van der Waals surface area contributed by atoms with Gasteiger partial charge in [-0.3, -0.25) is 0 Å². The Morgan fingerprint density at radius 1 is 1.38 bits per heavy atom. The molecule has 2 rings (SSSR count). The largest absolute Gasteiger partial charge is 0.494 e. The maximum atomic E-state index is 12.7. The molecule has 1 aliphatic heterocycles. The van der Waals surface area contributed by atoms with Crippen molar-refractivity contribution < 1.29 is 23.0 Å². The molecule has 1 aromatic rings. The first-order valence-electron chi connectivity index (χ1n) is 6.96. The van der Waals surface area contributed by atoms with Crippen LogP contribution < -0.4 is 4.74 Å². The Hall–Kier alpha value is -1.15. The van der Waals surface area contributed by atoms with E-state index in [9.17, 15) is 8.42 Å². The van der Waals surface area contributed by atoms with Crippen LogP contribution >= 0.6 is 0 Å². The highest BCUT2D eigenvalue weighted by molar-refractivity contribution is 7.89. The maximum Gasteiger partial charge on any atom is 0.243 e. The second-order valence-corrected chi connectivity index (χ2v) is 6.86. The average Bonchev–Trinajstić information content (AvgIpc) is 2.48. The SMILES string of the molecule is CCOc1ccc(S(=O)(=O)N2CC(CO)OCC2C)cc1. The molecule has 21 heavy (non-hydrogen) atoms. The maximum absolute atomic E-state index is 12.7. The monoisotopic (exact) mass is 315 g/mol. The van der Waals surface area contributed by atoms with Crippen molar-refractivity contribution in [1.82, 2.24) is 4.31 Å². The Labute approximate surface area is 125 Å². The predicted molar refractivity (Wildman–Crippen MR) is 77.8 cm³/mol. The number of benzene rings is 1. The Morgan fingerprint density at radius 3 is 2.62 bits per heavy atom. The lowest BCUT2D eigenvalue weighted by atomic mass is 10.2. The molecule has 0 amide bonds. The fraction of sp³-hybridized carbons (Fsp3) is 0.571. The highest BCUT2D eigenvalue weighted by atomic mass is 32.2. The number of sulfonamides is 1. The molecule has 1 heterocycles. The number of hydrogen-bond acceptors (Lipinski definition) is 5. The van der Waals surface area contributed by atoms with E-state index < -0.39 is 16.1 Å². The van der Waals surface area contributed by atoms with Crippen LogP contribution in [0.2, 0.25) is 0 Å². The van der Waals surface area contributed by atoms with Gasteiger partial charge < -0.3 is 14.6 Å². The van der Waals surface area contributed by atoms with Gasteiger partial charge in [0.15, 0.2) is 0 Å². The van der Waals surface area contributed by atoms with Gasteiger partial charge in [-0.1, -0.05) is 0 Å². The van der Waals surface area contributed by atoms with Crippen molar-refractivity contribution in [3.05, 3.63) is 24.3 Å². The van der Waals surface area contributed by atoms with Gasteiger partial charge in [-0.05, 0) is 38.1 Å².